The Kier molecular flexibility index (Phi) is 5.19. The van der Waals surface area contributed by atoms with Crippen LogP contribution in [0.15, 0.2) is 71.7 Å². The predicted octanol–water partition coefficient (Wildman–Crippen LogP) is 6.15. The van der Waals surface area contributed by atoms with Crippen molar-refractivity contribution in [2.75, 3.05) is 13.1 Å². The number of carbonyl (C=O) groups excluding carboxylic acids is 1. The highest BCUT2D eigenvalue weighted by Gasteiger charge is 2.30. The number of amides is 1. The van der Waals surface area contributed by atoms with Gasteiger partial charge in [-0.3, -0.25) is 9.79 Å². The molecule has 2 heterocycles. The van der Waals surface area contributed by atoms with Gasteiger partial charge in [-0.1, -0.05) is 65.7 Å². The summed E-state index contributed by atoms with van der Waals surface area (Å²) in [4.78, 5) is 20.3. The van der Waals surface area contributed by atoms with Gasteiger partial charge in [0.2, 0.25) is 0 Å². The quantitative estimate of drug-likeness (QED) is 0.509. The third-order valence-corrected chi connectivity index (χ3v) is 6.49. The maximum Gasteiger partial charge on any atom is 0.254 e. The molecule has 5 rings (SSSR count). The highest BCUT2D eigenvalue weighted by molar-refractivity contribution is 6.01. The molecule has 31 heavy (non-hydrogen) atoms. The molecule has 0 spiro atoms. The summed E-state index contributed by atoms with van der Waals surface area (Å²) in [7, 11) is 0. The summed E-state index contributed by atoms with van der Waals surface area (Å²) >= 11 is 0. The third kappa shape index (κ3) is 4.05. The van der Waals surface area contributed by atoms with Gasteiger partial charge < -0.3 is 4.90 Å². The number of rotatable bonds is 4. The lowest BCUT2D eigenvalue weighted by atomic mass is 9.97. The Bertz CT molecular complexity index is 1180. The van der Waals surface area contributed by atoms with Crippen LogP contribution in [0.1, 0.15) is 39.9 Å². The largest absolute Gasteiger partial charge is 0.338 e. The summed E-state index contributed by atoms with van der Waals surface area (Å²) < 4.78 is 0. The van der Waals surface area contributed by atoms with E-state index < -0.39 is 0 Å². The number of hydrogen-bond acceptors (Lipinski definition) is 2. The van der Waals surface area contributed by atoms with Crippen molar-refractivity contribution in [2.45, 2.75) is 33.1 Å². The van der Waals surface area contributed by atoms with Crippen LogP contribution >= 0.6 is 0 Å². The fourth-order valence-electron chi connectivity index (χ4n) is 4.93. The number of likely N-dealkylation sites (tertiary alicyclic amines) is 1. The van der Waals surface area contributed by atoms with E-state index in [1.54, 1.807) is 0 Å². The van der Waals surface area contributed by atoms with Crippen molar-refractivity contribution in [2.24, 2.45) is 10.9 Å². The molecule has 0 aliphatic carbocycles. The van der Waals surface area contributed by atoms with E-state index >= 15 is 0 Å². The number of benzene rings is 3. The summed E-state index contributed by atoms with van der Waals surface area (Å²) in [6.45, 7) is 5.86. The minimum atomic E-state index is 0.145. The molecule has 1 amide bonds. The summed E-state index contributed by atoms with van der Waals surface area (Å²) in [5.41, 5.74) is 9.15. The van der Waals surface area contributed by atoms with Crippen molar-refractivity contribution >= 4 is 17.3 Å². The SMILES string of the molecule is Cc1cccc(-c2ccccc2C(=O)N2CC[C@@H](CC3=Nc4ccc(C)cc4C3)C2)c1. The molecule has 1 saturated heterocycles. The van der Waals surface area contributed by atoms with Gasteiger partial charge in [0.15, 0.2) is 0 Å². The zero-order chi connectivity index (χ0) is 21.4. The van der Waals surface area contributed by atoms with Gasteiger partial charge in [-0.15, -0.1) is 0 Å². The molecular weight excluding hydrogens is 380 g/mol. The van der Waals surface area contributed by atoms with E-state index in [9.17, 15) is 4.79 Å². The first kappa shape index (κ1) is 19.7. The molecule has 0 aromatic heterocycles. The lowest BCUT2D eigenvalue weighted by molar-refractivity contribution is 0.0788. The molecule has 0 bridgehead atoms. The van der Waals surface area contributed by atoms with E-state index in [2.05, 4.69) is 62.4 Å². The predicted molar refractivity (Wildman–Crippen MR) is 127 cm³/mol. The normalized spacial score (nSPS) is 17.5. The molecule has 3 nitrogen and oxygen atoms in total. The van der Waals surface area contributed by atoms with Gasteiger partial charge in [0.1, 0.15) is 0 Å². The molecular formula is C28H28N2O. The van der Waals surface area contributed by atoms with Crippen LogP contribution in [-0.2, 0) is 6.42 Å². The van der Waals surface area contributed by atoms with Crippen LogP contribution in [0, 0.1) is 19.8 Å². The van der Waals surface area contributed by atoms with Crippen molar-refractivity contribution < 1.29 is 4.79 Å². The van der Waals surface area contributed by atoms with Crippen molar-refractivity contribution in [1.29, 1.82) is 0 Å². The molecule has 3 heteroatoms. The fourth-order valence-corrected chi connectivity index (χ4v) is 4.93. The van der Waals surface area contributed by atoms with E-state index in [-0.39, 0.29) is 5.91 Å². The topological polar surface area (TPSA) is 32.7 Å². The summed E-state index contributed by atoms with van der Waals surface area (Å²) in [5, 5.41) is 0. The Hall–Kier alpha value is -3.20. The van der Waals surface area contributed by atoms with Gasteiger partial charge in [-0.25, -0.2) is 0 Å². The average molecular weight is 409 g/mol. The summed E-state index contributed by atoms with van der Waals surface area (Å²) in [5.74, 6) is 0.635. The van der Waals surface area contributed by atoms with Crippen molar-refractivity contribution in [3.05, 3.63) is 89.0 Å². The van der Waals surface area contributed by atoms with Gasteiger partial charge >= 0.3 is 0 Å². The number of nitrogens with zero attached hydrogens (tertiary/aromatic N) is 2. The fraction of sp³-hybridized carbons (Fsp3) is 0.286. The van der Waals surface area contributed by atoms with Gasteiger partial charge in [0.05, 0.1) is 5.69 Å². The van der Waals surface area contributed by atoms with Gasteiger partial charge in [0, 0.05) is 30.8 Å². The van der Waals surface area contributed by atoms with Crippen LogP contribution in [0.2, 0.25) is 0 Å². The molecule has 0 N–H and O–H groups in total. The molecule has 1 fully saturated rings. The van der Waals surface area contributed by atoms with E-state index in [4.69, 9.17) is 4.99 Å². The standard InChI is InChI=1S/C28H28N2O/c1-19-6-5-7-22(14-19)25-8-3-4-9-26(25)28(31)30-13-12-21(18-30)16-24-17-23-15-20(2)10-11-27(23)29-24/h3-11,14-15,21H,12-13,16-18H2,1-2H3/t21-/m0/s1. The maximum absolute atomic E-state index is 13.4. The van der Waals surface area contributed by atoms with E-state index in [0.717, 1.165) is 54.7 Å². The molecule has 0 unspecified atom stereocenters. The first-order valence-corrected chi connectivity index (χ1v) is 11.2. The van der Waals surface area contributed by atoms with E-state index in [1.807, 2.05) is 23.1 Å². The number of hydrogen-bond donors (Lipinski definition) is 0. The smallest absolute Gasteiger partial charge is 0.254 e. The monoisotopic (exact) mass is 408 g/mol. The Balaban J connectivity index is 1.29. The minimum absolute atomic E-state index is 0.145. The van der Waals surface area contributed by atoms with Crippen LogP contribution < -0.4 is 0 Å². The van der Waals surface area contributed by atoms with Crippen LogP contribution in [-0.4, -0.2) is 29.6 Å². The van der Waals surface area contributed by atoms with Crippen LogP contribution in [0.25, 0.3) is 11.1 Å². The van der Waals surface area contributed by atoms with Crippen molar-refractivity contribution in [3.63, 3.8) is 0 Å². The first-order valence-electron chi connectivity index (χ1n) is 11.2. The van der Waals surface area contributed by atoms with Crippen LogP contribution in [0.5, 0.6) is 0 Å². The van der Waals surface area contributed by atoms with Gasteiger partial charge in [-0.05, 0) is 61.4 Å². The summed E-state index contributed by atoms with van der Waals surface area (Å²) in [6.07, 6.45) is 2.99. The molecule has 2 aliphatic rings. The molecule has 0 radical (unpaired) electrons. The molecule has 156 valence electrons. The molecule has 3 aromatic carbocycles. The Labute approximate surface area is 184 Å². The molecule has 3 aromatic rings. The molecule has 1 atom stereocenters. The van der Waals surface area contributed by atoms with Gasteiger partial charge in [-0.2, -0.15) is 0 Å². The first-order chi connectivity index (χ1) is 15.1. The number of aryl methyl sites for hydroxylation is 2. The average Bonchev–Trinajstić information content (AvgIpc) is 3.39. The maximum atomic E-state index is 13.4. The number of aliphatic imine (C=N–C) groups is 1. The lowest BCUT2D eigenvalue weighted by Crippen LogP contribution is -2.29. The summed E-state index contributed by atoms with van der Waals surface area (Å²) in [6, 6.07) is 22.9. The second kappa shape index (κ2) is 8.14. The second-order valence-corrected chi connectivity index (χ2v) is 9.01. The minimum Gasteiger partial charge on any atom is -0.338 e. The van der Waals surface area contributed by atoms with Gasteiger partial charge in [0.25, 0.3) is 5.91 Å². The lowest BCUT2D eigenvalue weighted by Gasteiger charge is -2.19. The zero-order valence-electron chi connectivity index (χ0n) is 18.3. The highest BCUT2D eigenvalue weighted by Crippen LogP contribution is 2.32. The Morgan fingerprint density at radius 1 is 1.00 bits per heavy atom. The zero-order valence-corrected chi connectivity index (χ0v) is 18.3. The Morgan fingerprint density at radius 3 is 2.71 bits per heavy atom. The third-order valence-electron chi connectivity index (χ3n) is 6.49. The second-order valence-electron chi connectivity index (χ2n) is 9.01. The number of fused-ring (bicyclic) bond motifs is 1. The van der Waals surface area contributed by atoms with E-state index in [0.29, 0.717) is 5.92 Å². The highest BCUT2D eigenvalue weighted by atomic mass is 16.2. The van der Waals surface area contributed by atoms with Crippen LogP contribution in [0.3, 0.4) is 0 Å². The number of carbonyl (C=O) groups is 1. The van der Waals surface area contributed by atoms with Crippen LogP contribution in [0.4, 0.5) is 5.69 Å². The van der Waals surface area contributed by atoms with Crippen molar-refractivity contribution in [1.82, 2.24) is 4.90 Å². The van der Waals surface area contributed by atoms with E-state index in [1.165, 1.54) is 22.4 Å². The Morgan fingerprint density at radius 2 is 1.84 bits per heavy atom. The van der Waals surface area contributed by atoms with Crippen molar-refractivity contribution in [3.8, 4) is 11.1 Å². The molecule has 0 saturated carbocycles. The molecule has 2 aliphatic heterocycles.